The minimum atomic E-state index is 0.936. The van der Waals surface area contributed by atoms with E-state index in [0.29, 0.717) is 0 Å². The fraction of sp³-hybridized carbons (Fsp3) is 0.333. The minimum absolute atomic E-state index is 0.936. The van der Waals surface area contributed by atoms with Crippen molar-refractivity contribution in [3.8, 4) is 5.75 Å². The highest BCUT2D eigenvalue weighted by molar-refractivity contribution is 7.99. The van der Waals surface area contributed by atoms with Gasteiger partial charge in [0, 0.05) is 9.79 Å². The number of methoxy groups -OCH3 is 1. The average molecular weight is 200 g/mol. The first-order chi connectivity index (χ1) is 5.80. The molecule has 0 spiro atoms. The van der Waals surface area contributed by atoms with Crippen LogP contribution in [0.1, 0.15) is 0 Å². The van der Waals surface area contributed by atoms with Gasteiger partial charge in [-0.3, -0.25) is 0 Å². The number of hydrogen-bond acceptors (Lipinski definition) is 3. The van der Waals surface area contributed by atoms with Crippen LogP contribution in [0.4, 0.5) is 0 Å². The molecule has 0 heterocycles. The first-order valence-electron chi connectivity index (χ1n) is 3.57. The Hall–Kier alpha value is -0.280. The maximum absolute atomic E-state index is 5.17. The topological polar surface area (TPSA) is 9.23 Å². The van der Waals surface area contributed by atoms with E-state index in [1.807, 2.05) is 12.1 Å². The van der Waals surface area contributed by atoms with Gasteiger partial charge in [0.15, 0.2) is 0 Å². The van der Waals surface area contributed by atoms with E-state index < -0.39 is 0 Å². The molecule has 0 bridgehead atoms. The summed E-state index contributed by atoms with van der Waals surface area (Å²) in [5.41, 5.74) is 0. The second kappa shape index (κ2) is 4.67. The predicted molar refractivity (Wildman–Crippen MR) is 56.6 cm³/mol. The van der Waals surface area contributed by atoms with Crippen molar-refractivity contribution >= 4 is 23.5 Å². The van der Waals surface area contributed by atoms with Gasteiger partial charge < -0.3 is 4.74 Å². The Balaban J connectivity index is 3.01. The van der Waals surface area contributed by atoms with Crippen LogP contribution in [0, 0.1) is 0 Å². The molecule has 3 heteroatoms. The van der Waals surface area contributed by atoms with Crippen molar-refractivity contribution < 1.29 is 4.74 Å². The monoisotopic (exact) mass is 200 g/mol. The normalized spacial score (nSPS) is 9.92. The molecule has 0 fully saturated rings. The molecule has 0 amide bonds. The Morgan fingerprint density at radius 2 is 1.50 bits per heavy atom. The predicted octanol–water partition coefficient (Wildman–Crippen LogP) is 3.14. The molecule has 0 aliphatic heterocycles. The van der Waals surface area contributed by atoms with Crippen LogP contribution in [0.3, 0.4) is 0 Å². The standard InChI is InChI=1S/C9H12OS2/c1-10-7-4-8(11-2)6-9(5-7)12-3/h4-6H,1-3H3. The zero-order valence-electron chi connectivity index (χ0n) is 7.46. The Kier molecular flexibility index (Phi) is 3.82. The van der Waals surface area contributed by atoms with Crippen LogP contribution in [0.2, 0.25) is 0 Å². The zero-order valence-corrected chi connectivity index (χ0v) is 9.09. The van der Waals surface area contributed by atoms with Gasteiger partial charge in [-0.25, -0.2) is 0 Å². The maximum Gasteiger partial charge on any atom is 0.121 e. The van der Waals surface area contributed by atoms with Gasteiger partial charge in [-0.1, -0.05) is 0 Å². The molecule has 1 aromatic rings. The molecule has 0 aliphatic carbocycles. The highest BCUT2D eigenvalue weighted by Crippen LogP contribution is 2.27. The van der Waals surface area contributed by atoms with Gasteiger partial charge in [0.05, 0.1) is 7.11 Å². The molecule has 1 rings (SSSR count). The quantitative estimate of drug-likeness (QED) is 0.694. The molecule has 0 radical (unpaired) electrons. The molecule has 0 atom stereocenters. The first kappa shape index (κ1) is 9.81. The van der Waals surface area contributed by atoms with Gasteiger partial charge in [0.2, 0.25) is 0 Å². The highest BCUT2D eigenvalue weighted by atomic mass is 32.2. The van der Waals surface area contributed by atoms with Crippen LogP contribution in [-0.2, 0) is 0 Å². The first-order valence-corrected chi connectivity index (χ1v) is 6.02. The SMILES string of the molecule is COc1cc(SC)cc(SC)c1. The molecule has 12 heavy (non-hydrogen) atoms. The van der Waals surface area contributed by atoms with Crippen LogP contribution in [0.5, 0.6) is 5.75 Å². The molecule has 0 unspecified atom stereocenters. The van der Waals surface area contributed by atoms with Gasteiger partial charge in [-0.2, -0.15) is 0 Å². The van der Waals surface area contributed by atoms with Crippen molar-refractivity contribution in [1.82, 2.24) is 0 Å². The summed E-state index contributed by atoms with van der Waals surface area (Å²) in [4.78, 5) is 2.50. The van der Waals surface area contributed by atoms with E-state index in [2.05, 4.69) is 18.6 Å². The van der Waals surface area contributed by atoms with Crippen molar-refractivity contribution in [3.05, 3.63) is 18.2 Å². The fourth-order valence-corrected chi connectivity index (χ4v) is 1.93. The van der Waals surface area contributed by atoms with E-state index in [1.165, 1.54) is 9.79 Å². The van der Waals surface area contributed by atoms with Crippen molar-refractivity contribution in [3.63, 3.8) is 0 Å². The van der Waals surface area contributed by atoms with Crippen molar-refractivity contribution in [2.24, 2.45) is 0 Å². The van der Waals surface area contributed by atoms with Gasteiger partial charge in [-0.05, 0) is 30.7 Å². The lowest BCUT2D eigenvalue weighted by Crippen LogP contribution is -1.83. The summed E-state index contributed by atoms with van der Waals surface area (Å²) in [5, 5.41) is 0. The number of ether oxygens (including phenoxy) is 1. The summed E-state index contributed by atoms with van der Waals surface area (Å²) < 4.78 is 5.17. The lowest BCUT2D eigenvalue weighted by Gasteiger charge is -2.04. The molecule has 0 saturated carbocycles. The highest BCUT2D eigenvalue weighted by Gasteiger charge is 1.98. The Bertz CT molecular complexity index is 205. The van der Waals surface area contributed by atoms with E-state index in [4.69, 9.17) is 4.74 Å². The molecule has 1 aromatic carbocycles. The van der Waals surface area contributed by atoms with Crippen molar-refractivity contribution in [1.29, 1.82) is 0 Å². The minimum Gasteiger partial charge on any atom is -0.497 e. The summed E-state index contributed by atoms with van der Waals surface area (Å²) in [6.45, 7) is 0. The summed E-state index contributed by atoms with van der Waals surface area (Å²) in [6.07, 6.45) is 4.14. The summed E-state index contributed by atoms with van der Waals surface area (Å²) >= 11 is 3.47. The third-order valence-electron chi connectivity index (χ3n) is 1.56. The lowest BCUT2D eigenvalue weighted by molar-refractivity contribution is 0.412. The zero-order chi connectivity index (χ0) is 8.97. The molecular formula is C9H12OS2. The van der Waals surface area contributed by atoms with E-state index in [-0.39, 0.29) is 0 Å². The Morgan fingerprint density at radius 3 is 1.83 bits per heavy atom. The number of benzene rings is 1. The average Bonchev–Trinajstić information content (AvgIpc) is 2.16. The third kappa shape index (κ3) is 2.35. The second-order valence-corrected chi connectivity index (χ2v) is 4.01. The molecule has 66 valence electrons. The van der Waals surface area contributed by atoms with Crippen LogP contribution in [0.25, 0.3) is 0 Å². The van der Waals surface area contributed by atoms with Crippen LogP contribution in [0.15, 0.2) is 28.0 Å². The summed E-state index contributed by atoms with van der Waals surface area (Å²) in [6, 6.07) is 6.26. The molecule has 0 aliphatic rings. The van der Waals surface area contributed by atoms with Gasteiger partial charge in [0.1, 0.15) is 5.75 Å². The van der Waals surface area contributed by atoms with Crippen molar-refractivity contribution in [2.45, 2.75) is 9.79 Å². The van der Waals surface area contributed by atoms with Crippen LogP contribution >= 0.6 is 23.5 Å². The number of hydrogen-bond donors (Lipinski definition) is 0. The van der Waals surface area contributed by atoms with Gasteiger partial charge in [-0.15, -0.1) is 23.5 Å². The number of rotatable bonds is 3. The van der Waals surface area contributed by atoms with Gasteiger partial charge in [0.25, 0.3) is 0 Å². The lowest BCUT2D eigenvalue weighted by atomic mass is 10.3. The third-order valence-corrected chi connectivity index (χ3v) is 2.97. The summed E-state index contributed by atoms with van der Waals surface area (Å²) in [7, 11) is 1.70. The smallest absolute Gasteiger partial charge is 0.121 e. The Labute approximate surface area is 81.9 Å². The number of thioether (sulfide) groups is 2. The molecule has 0 N–H and O–H groups in total. The molecule has 1 nitrogen and oxygen atoms in total. The second-order valence-electron chi connectivity index (χ2n) is 2.25. The molecule has 0 saturated heterocycles. The van der Waals surface area contributed by atoms with Crippen LogP contribution < -0.4 is 4.74 Å². The fourth-order valence-electron chi connectivity index (χ4n) is 0.899. The Morgan fingerprint density at radius 1 is 1.00 bits per heavy atom. The van der Waals surface area contributed by atoms with Crippen LogP contribution in [-0.4, -0.2) is 19.6 Å². The van der Waals surface area contributed by atoms with Gasteiger partial charge >= 0.3 is 0 Å². The maximum atomic E-state index is 5.17. The largest absolute Gasteiger partial charge is 0.497 e. The van der Waals surface area contributed by atoms with E-state index in [1.54, 1.807) is 30.6 Å². The van der Waals surface area contributed by atoms with Crippen molar-refractivity contribution in [2.75, 3.05) is 19.6 Å². The van der Waals surface area contributed by atoms with E-state index >= 15 is 0 Å². The van der Waals surface area contributed by atoms with E-state index in [9.17, 15) is 0 Å². The summed E-state index contributed by atoms with van der Waals surface area (Å²) in [5.74, 6) is 0.936. The molecule has 0 aromatic heterocycles. The molecular weight excluding hydrogens is 188 g/mol. The van der Waals surface area contributed by atoms with E-state index in [0.717, 1.165) is 5.75 Å².